The lowest BCUT2D eigenvalue weighted by Gasteiger charge is -2.29. The second kappa shape index (κ2) is 14.0. The van der Waals surface area contributed by atoms with Crippen LogP contribution in [-0.4, -0.2) is 86.7 Å². The minimum Gasteiger partial charge on any atom is -0.462 e. The summed E-state index contributed by atoms with van der Waals surface area (Å²) < 4.78 is 61.0. The van der Waals surface area contributed by atoms with Gasteiger partial charge in [0.2, 0.25) is 27.7 Å². The summed E-state index contributed by atoms with van der Waals surface area (Å²) in [5, 5.41) is 14.6. The largest absolute Gasteiger partial charge is 0.462 e. The number of fused-ring (bicyclic) bond motifs is 2. The Bertz CT molecular complexity index is 1840. The van der Waals surface area contributed by atoms with Gasteiger partial charge in [-0.3, -0.25) is 23.9 Å². The number of sulfonamides is 1. The Morgan fingerprint density at radius 1 is 1.00 bits per heavy atom. The molecule has 1 saturated heterocycles. The Morgan fingerprint density at radius 3 is 2.51 bits per heavy atom. The van der Waals surface area contributed by atoms with Gasteiger partial charge in [-0.25, -0.2) is 17.2 Å². The fraction of sp³-hybridized carbons (Fsp3) is 0.618. The molecule has 7 rings (SSSR count). The number of halogens is 2. The fourth-order valence-corrected chi connectivity index (χ4v) is 8.78. The van der Waals surface area contributed by atoms with Crippen LogP contribution in [0, 0.1) is 23.5 Å². The van der Waals surface area contributed by atoms with E-state index in [4.69, 9.17) is 4.74 Å². The van der Waals surface area contributed by atoms with Crippen molar-refractivity contribution >= 4 is 33.7 Å². The summed E-state index contributed by atoms with van der Waals surface area (Å²) >= 11 is 0. The Hall–Kier alpha value is -4.28. The van der Waals surface area contributed by atoms with Crippen molar-refractivity contribution in [2.24, 2.45) is 11.8 Å². The second-order valence-corrected chi connectivity index (χ2v) is 16.3. The van der Waals surface area contributed by atoms with E-state index in [0.29, 0.717) is 25.7 Å². The van der Waals surface area contributed by atoms with Crippen LogP contribution in [0.4, 0.5) is 8.78 Å². The van der Waals surface area contributed by atoms with Gasteiger partial charge >= 0.3 is 5.97 Å². The molecule has 5 aliphatic rings. The molecule has 2 aromatic rings. The third-order valence-electron chi connectivity index (χ3n) is 10.7. The van der Waals surface area contributed by atoms with E-state index in [9.17, 15) is 36.4 Å². The molecule has 5 atom stereocenters. The third kappa shape index (κ3) is 7.39. The number of nitrogens with zero attached hydrogens (tertiary/aromatic N) is 5. The monoisotopic (exact) mass is 729 g/mol. The number of ether oxygens (including phenoxy) is 1. The predicted molar refractivity (Wildman–Crippen MR) is 175 cm³/mol. The summed E-state index contributed by atoms with van der Waals surface area (Å²) in [7, 11) is -3.92. The van der Waals surface area contributed by atoms with Crippen molar-refractivity contribution in [2.45, 2.75) is 112 Å². The molecular weight excluding hydrogens is 688 g/mol. The molecule has 3 aliphatic carbocycles. The number of amides is 3. The minimum absolute atomic E-state index is 0.00717. The van der Waals surface area contributed by atoms with Crippen LogP contribution in [0.3, 0.4) is 0 Å². The first-order valence-electron chi connectivity index (χ1n) is 17.8. The summed E-state index contributed by atoms with van der Waals surface area (Å²) in [4.78, 5) is 58.4. The summed E-state index contributed by atoms with van der Waals surface area (Å²) in [6, 6.07) is 1.25. The van der Waals surface area contributed by atoms with Gasteiger partial charge in [-0.2, -0.15) is 4.80 Å². The quantitative estimate of drug-likeness (QED) is 0.244. The van der Waals surface area contributed by atoms with Crippen LogP contribution < -0.4 is 10.0 Å². The molecule has 0 bridgehead atoms. The smallest absolute Gasteiger partial charge is 0.318 e. The van der Waals surface area contributed by atoms with Gasteiger partial charge in [0, 0.05) is 24.4 Å². The highest BCUT2D eigenvalue weighted by Crippen LogP contribution is 2.46. The second-order valence-electron chi connectivity index (χ2n) is 14.4. The van der Waals surface area contributed by atoms with E-state index in [1.807, 2.05) is 12.2 Å². The van der Waals surface area contributed by atoms with Gasteiger partial charge in [0.1, 0.15) is 23.6 Å². The van der Waals surface area contributed by atoms with E-state index in [-0.39, 0.29) is 43.3 Å². The zero-order valence-electron chi connectivity index (χ0n) is 28.0. The van der Waals surface area contributed by atoms with E-state index in [0.717, 1.165) is 50.7 Å². The Balaban J connectivity index is 1.19. The summed E-state index contributed by atoms with van der Waals surface area (Å²) in [5.41, 5.74) is -1.38. The number of rotatable bonds is 7. The van der Waals surface area contributed by atoms with Crippen LogP contribution in [-0.2, 0) is 33.9 Å². The average Bonchev–Trinajstić information content (AvgIpc) is 3.84. The fourth-order valence-electron chi connectivity index (χ4n) is 7.41. The third-order valence-corrected chi connectivity index (χ3v) is 12.5. The molecule has 4 fully saturated rings. The van der Waals surface area contributed by atoms with Crippen LogP contribution in [0.1, 0.15) is 89.5 Å². The van der Waals surface area contributed by atoms with Gasteiger partial charge in [-0.15, -0.1) is 10.2 Å². The van der Waals surface area contributed by atoms with Crippen LogP contribution >= 0.6 is 0 Å². The molecular formula is C34H41F2N7O7S. The number of carbonyl (C=O) groups excluding carboxylic acids is 4. The van der Waals surface area contributed by atoms with Gasteiger partial charge in [0.15, 0.2) is 11.6 Å². The van der Waals surface area contributed by atoms with E-state index in [1.54, 1.807) is 0 Å². The number of benzene rings is 1. The molecule has 0 spiro atoms. The lowest BCUT2D eigenvalue weighted by atomic mass is 9.98. The summed E-state index contributed by atoms with van der Waals surface area (Å²) in [5.74, 6) is -6.54. The van der Waals surface area contributed by atoms with Crippen molar-refractivity contribution in [1.29, 1.82) is 0 Å². The van der Waals surface area contributed by atoms with E-state index in [1.165, 1.54) is 15.8 Å². The van der Waals surface area contributed by atoms with Gasteiger partial charge in [0.25, 0.3) is 5.91 Å². The molecule has 17 heteroatoms. The highest BCUT2D eigenvalue weighted by molar-refractivity contribution is 7.91. The first-order valence-corrected chi connectivity index (χ1v) is 19.3. The van der Waals surface area contributed by atoms with Crippen LogP contribution in [0.5, 0.6) is 0 Å². The standard InChI is InChI=1S/C34H41F2N7O7S/c35-26-15-12-20(16-27(26)36)29-38-41-43(39-29)22-17-28-30(44)37-34(33(47)40-51(48,49)24-13-14-24)18-21(34)8-4-2-1-3-5-11-25(31(45)42(28)19-22)32(46)50-23-9-6-7-10-23/h4,8,12,15-16,21-25,28H,1-3,5-7,9-11,13-14,17-19H2,(H,37,44)(H,40,47)/b8-4-/t21-,22+,25-,28-,34+/m0/s1. The minimum atomic E-state index is -3.92. The van der Waals surface area contributed by atoms with Crippen LogP contribution in [0.2, 0.25) is 0 Å². The average molecular weight is 730 g/mol. The SMILES string of the molecule is O=C(OC1CCCC1)[C@H]1CCCCC/C=C\[C@H]2C[C@@]2(C(=O)NS(=O)(=O)C2CC2)NC(=O)[C@@H]2C[C@@H](n3nnc(-c4ccc(F)c(F)c4)n3)CN2C1=O. The Morgan fingerprint density at radius 2 is 1.76 bits per heavy atom. The highest BCUT2D eigenvalue weighted by Gasteiger charge is 2.62. The summed E-state index contributed by atoms with van der Waals surface area (Å²) in [6.45, 7) is -0.101. The molecule has 3 amide bonds. The topological polar surface area (TPSA) is 183 Å². The number of allylic oxidation sites excluding steroid dienone is 1. The molecule has 0 radical (unpaired) electrons. The van der Waals surface area contributed by atoms with E-state index < -0.39 is 80.1 Å². The highest BCUT2D eigenvalue weighted by atomic mass is 32.2. The molecule has 1 aromatic heterocycles. The molecule has 3 heterocycles. The number of nitrogens with one attached hydrogen (secondary N) is 2. The first kappa shape index (κ1) is 35.1. The number of hydrogen-bond acceptors (Lipinski definition) is 10. The number of hydrogen-bond donors (Lipinski definition) is 2. The maximum absolute atomic E-state index is 14.4. The maximum atomic E-state index is 14.4. The van der Waals surface area contributed by atoms with Crippen molar-refractivity contribution in [3.05, 3.63) is 42.0 Å². The van der Waals surface area contributed by atoms with Crippen molar-refractivity contribution in [3.63, 3.8) is 0 Å². The van der Waals surface area contributed by atoms with E-state index in [2.05, 4.69) is 25.4 Å². The normalized spacial score (nSPS) is 29.6. The number of tetrazole rings is 1. The first-order chi connectivity index (χ1) is 24.4. The lowest BCUT2D eigenvalue weighted by molar-refractivity contribution is -0.161. The van der Waals surface area contributed by atoms with Crippen molar-refractivity contribution in [3.8, 4) is 11.4 Å². The van der Waals surface area contributed by atoms with E-state index >= 15 is 0 Å². The molecule has 1 aromatic carbocycles. The molecule has 2 aliphatic heterocycles. The molecule has 51 heavy (non-hydrogen) atoms. The zero-order valence-corrected chi connectivity index (χ0v) is 28.8. The van der Waals surface area contributed by atoms with Gasteiger partial charge < -0.3 is 15.0 Å². The maximum Gasteiger partial charge on any atom is 0.318 e. The Labute approximate surface area is 293 Å². The molecule has 14 nitrogen and oxygen atoms in total. The summed E-state index contributed by atoms with van der Waals surface area (Å²) in [6.07, 6.45) is 10.7. The molecule has 2 N–H and O–H groups in total. The van der Waals surface area contributed by atoms with Crippen molar-refractivity contribution in [2.75, 3.05) is 6.54 Å². The molecule has 0 unspecified atom stereocenters. The van der Waals surface area contributed by atoms with Gasteiger partial charge in [-0.1, -0.05) is 25.0 Å². The van der Waals surface area contributed by atoms with Gasteiger partial charge in [-0.05, 0) is 87.6 Å². The van der Waals surface area contributed by atoms with Crippen LogP contribution in [0.25, 0.3) is 11.4 Å². The Kier molecular flexibility index (Phi) is 9.67. The van der Waals surface area contributed by atoms with Crippen LogP contribution in [0.15, 0.2) is 30.4 Å². The van der Waals surface area contributed by atoms with Crippen molar-refractivity contribution in [1.82, 2.24) is 35.1 Å². The van der Waals surface area contributed by atoms with Crippen molar-refractivity contribution < 1.29 is 41.1 Å². The predicted octanol–water partition coefficient (Wildman–Crippen LogP) is 2.87. The lowest BCUT2D eigenvalue weighted by Crippen LogP contribution is -2.57. The zero-order chi connectivity index (χ0) is 35.9. The number of aromatic nitrogens is 4. The number of carbonyl (C=O) groups is 4. The molecule has 3 saturated carbocycles. The van der Waals surface area contributed by atoms with Gasteiger partial charge in [0.05, 0.1) is 11.3 Å². The number of esters is 1. The molecule has 274 valence electrons.